The number of aryl methyl sites for hydroxylation is 1. The van der Waals surface area contributed by atoms with E-state index in [1.54, 1.807) is 14.2 Å². The van der Waals surface area contributed by atoms with Gasteiger partial charge in [-0.25, -0.2) is 0 Å². The Balaban J connectivity index is 0.00000312. The van der Waals surface area contributed by atoms with Gasteiger partial charge in [-0.1, -0.05) is 42.5 Å². The number of methoxy groups -OCH3 is 1. The van der Waals surface area contributed by atoms with E-state index in [-0.39, 0.29) is 24.0 Å². The van der Waals surface area contributed by atoms with Crippen LogP contribution in [0, 0.1) is 0 Å². The maximum Gasteiger partial charge on any atom is 0.190 e. The Morgan fingerprint density at radius 1 is 0.880 bits per heavy atom. The van der Waals surface area contributed by atoms with Crippen molar-refractivity contribution in [2.45, 2.75) is 19.3 Å². The first-order chi connectivity index (χ1) is 11.8. The number of rotatable bonds is 8. The fraction of sp³-hybridized carbons (Fsp3) is 0.350. The lowest BCUT2D eigenvalue weighted by Gasteiger charge is -2.12. The van der Waals surface area contributed by atoms with Crippen LogP contribution >= 0.6 is 24.0 Å². The van der Waals surface area contributed by atoms with Gasteiger partial charge in [0.05, 0.1) is 7.11 Å². The molecule has 0 unspecified atom stereocenters. The molecule has 2 aromatic rings. The molecule has 0 aliphatic rings. The minimum absolute atomic E-state index is 0. The number of guanidine groups is 1. The molecular formula is C20H28IN3O. The van der Waals surface area contributed by atoms with Gasteiger partial charge in [-0.3, -0.25) is 4.99 Å². The predicted octanol–water partition coefficient (Wildman–Crippen LogP) is 3.65. The molecule has 0 fully saturated rings. The van der Waals surface area contributed by atoms with Crippen LogP contribution in [0.25, 0.3) is 0 Å². The summed E-state index contributed by atoms with van der Waals surface area (Å²) in [6, 6.07) is 18.7. The van der Waals surface area contributed by atoms with E-state index in [0.717, 1.165) is 44.1 Å². The summed E-state index contributed by atoms with van der Waals surface area (Å²) >= 11 is 0. The first-order valence-corrected chi connectivity index (χ1v) is 8.43. The van der Waals surface area contributed by atoms with Crippen LogP contribution in [-0.4, -0.2) is 33.2 Å². The molecule has 0 spiro atoms. The highest BCUT2D eigenvalue weighted by Crippen LogP contribution is 2.11. The largest absolute Gasteiger partial charge is 0.497 e. The zero-order valence-corrected chi connectivity index (χ0v) is 17.3. The Kier molecular flexibility index (Phi) is 10.7. The number of nitrogens with one attached hydrogen (secondary N) is 2. The summed E-state index contributed by atoms with van der Waals surface area (Å²) in [5, 5.41) is 6.72. The number of hydrogen-bond donors (Lipinski definition) is 2. The lowest BCUT2D eigenvalue weighted by Crippen LogP contribution is -2.38. The molecule has 0 saturated heterocycles. The molecule has 0 aliphatic carbocycles. The molecule has 0 aromatic heterocycles. The van der Waals surface area contributed by atoms with Crippen molar-refractivity contribution < 1.29 is 4.74 Å². The van der Waals surface area contributed by atoms with Crippen molar-refractivity contribution in [3.63, 3.8) is 0 Å². The van der Waals surface area contributed by atoms with Crippen LogP contribution in [0.15, 0.2) is 59.6 Å². The Morgan fingerprint density at radius 3 is 2.16 bits per heavy atom. The third-order valence-electron chi connectivity index (χ3n) is 3.87. The lowest BCUT2D eigenvalue weighted by atomic mass is 10.1. The second-order valence-electron chi connectivity index (χ2n) is 5.61. The maximum atomic E-state index is 5.17. The van der Waals surface area contributed by atoms with E-state index in [0.29, 0.717) is 0 Å². The zero-order chi connectivity index (χ0) is 17.0. The standard InChI is InChI=1S/C20H27N3O.HI/c1-21-20(22-15-6-9-17-7-4-3-5-8-17)23-16-14-18-10-12-19(24-2)13-11-18;/h3-5,7-8,10-13H,6,9,14-16H2,1-2H3,(H2,21,22,23);1H. The van der Waals surface area contributed by atoms with Gasteiger partial charge in [0, 0.05) is 20.1 Å². The number of halogens is 1. The number of aliphatic imine (C=N–C) groups is 1. The van der Waals surface area contributed by atoms with Crippen molar-refractivity contribution in [3.8, 4) is 5.75 Å². The van der Waals surface area contributed by atoms with Gasteiger partial charge in [-0.05, 0) is 42.5 Å². The minimum Gasteiger partial charge on any atom is -0.497 e. The van der Waals surface area contributed by atoms with Gasteiger partial charge < -0.3 is 15.4 Å². The summed E-state index contributed by atoms with van der Waals surface area (Å²) in [7, 11) is 3.49. The van der Waals surface area contributed by atoms with Crippen LogP contribution in [0.2, 0.25) is 0 Å². The Hall–Kier alpha value is -1.76. The Morgan fingerprint density at radius 2 is 1.52 bits per heavy atom. The van der Waals surface area contributed by atoms with Crippen molar-refractivity contribution in [1.82, 2.24) is 10.6 Å². The van der Waals surface area contributed by atoms with E-state index in [1.165, 1.54) is 11.1 Å². The fourth-order valence-electron chi connectivity index (χ4n) is 2.48. The van der Waals surface area contributed by atoms with Crippen molar-refractivity contribution in [1.29, 1.82) is 0 Å². The molecule has 0 atom stereocenters. The number of nitrogens with zero attached hydrogens (tertiary/aromatic N) is 1. The van der Waals surface area contributed by atoms with Crippen LogP contribution in [0.4, 0.5) is 0 Å². The summed E-state index contributed by atoms with van der Waals surface area (Å²) in [6.07, 6.45) is 3.12. The average Bonchev–Trinajstić information content (AvgIpc) is 2.65. The van der Waals surface area contributed by atoms with Gasteiger partial charge in [-0.2, -0.15) is 0 Å². The van der Waals surface area contributed by atoms with E-state index in [1.807, 2.05) is 12.1 Å². The van der Waals surface area contributed by atoms with E-state index in [4.69, 9.17) is 4.74 Å². The molecule has 2 rings (SSSR count). The summed E-state index contributed by atoms with van der Waals surface area (Å²) in [5.74, 6) is 1.75. The molecule has 0 bridgehead atoms. The van der Waals surface area contributed by atoms with Crippen LogP contribution in [-0.2, 0) is 12.8 Å². The van der Waals surface area contributed by atoms with E-state index in [9.17, 15) is 0 Å². The van der Waals surface area contributed by atoms with Gasteiger partial charge in [0.1, 0.15) is 5.75 Å². The minimum atomic E-state index is 0. The third-order valence-corrected chi connectivity index (χ3v) is 3.87. The normalized spacial score (nSPS) is 10.7. The van der Waals surface area contributed by atoms with Crippen molar-refractivity contribution >= 4 is 29.9 Å². The molecule has 0 radical (unpaired) electrons. The van der Waals surface area contributed by atoms with Crippen molar-refractivity contribution in [3.05, 3.63) is 65.7 Å². The van der Waals surface area contributed by atoms with Gasteiger partial charge in [0.2, 0.25) is 0 Å². The first kappa shape index (κ1) is 21.3. The molecule has 0 saturated carbocycles. The third kappa shape index (κ3) is 8.25. The Bertz CT molecular complexity index is 615. The van der Waals surface area contributed by atoms with Gasteiger partial charge in [-0.15, -0.1) is 24.0 Å². The zero-order valence-electron chi connectivity index (χ0n) is 15.0. The monoisotopic (exact) mass is 453 g/mol. The summed E-state index contributed by atoms with van der Waals surface area (Å²) in [5.41, 5.74) is 2.66. The number of hydrogen-bond acceptors (Lipinski definition) is 2. The second kappa shape index (κ2) is 12.6. The van der Waals surface area contributed by atoms with Crippen LogP contribution in [0.5, 0.6) is 5.75 Å². The SMILES string of the molecule is CN=C(NCCCc1ccccc1)NCCc1ccc(OC)cc1.I. The molecule has 0 aliphatic heterocycles. The topological polar surface area (TPSA) is 45.7 Å². The van der Waals surface area contributed by atoms with E-state index >= 15 is 0 Å². The highest BCUT2D eigenvalue weighted by Gasteiger charge is 1.99. The molecule has 25 heavy (non-hydrogen) atoms. The van der Waals surface area contributed by atoms with Crippen LogP contribution in [0.3, 0.4) is 0 Å². The average molecular weight is 453 g/mol. The number of ether oxygens (including phenoxy) is 1. The summed E-state index contributed by atoms with van der Waals surface area (Å²) < 4.78 is 5.17. The predicted molar refractivity (Wildman–Crippen MR) is 116 cm³/mol. The maximum absolute atomic E-state index is 5.17. The van der Waals surface area contributed by atoms with Gasteiger partial charge in [0.15, 0.2) is 5.96 Å². The van der Waals surface area contributed by atoms with E-state index in [2.05, 4.69) is 58.1 Å². The smallest absolute Gasteiger partial charge is 0.190 e. The molecule has 4 nitrogen and oxygen atoms in total. The molecule has 5 heteroatoms. The van der Waals surface area contributed by atoms with Crippen molar-refractivity contribution in [2.24, 2.45) is 4.99 Å². The van der Waals surface area contributed by atoms with Crippen LogP contribution in [0.1, 0.15) is 17.5 Å². The highest BCUT2D eigenvalue weighted by molar-refractivity contribution is 14.0. The fourth-order valence-corrected chi connectivity index (χ4v) is 2.48. The Labute approximate surface area is 168 Å². The van der Waals surface area contributed by atoms with Crippen LogP contribution < -0.4 is 15.4 Å². The molecule has 2 aromatic carbocycles. The molecule has 0 heterocycles. The lowest BCUT2D eigenvalue weighted by molar-refractivity contribution is 0.414. The van der Waals surface area contributed by atoms with Crippen molar-refractivity contribution in [2.75, 3.05) is 27.2 Å². The number of benzene rings is 2. The summed E-state index contributed by atoms with van der Waals surface area (Å²) in [4.78, 5) is 4.27. The molecular weight excluding hydrogens is 425 g/mol. The first-order valence-electron chi connectivity index (χ1n) is 8.43. The van der Waals surface area contributed by atoms with Gasteiger partial charge >= 0.3 is 0 Å². The van der Waals surface area contributed by atoms with Gasteiger partial charge in [0.25, 0.3) is 0 Å². The molecule has 136 valence electrons. The molecule has 2 N–H and O–H groups in total. The van der Waals surface area contributed by atoms with E-state index < -0.39 is 0 Å². The highest BCUT2D eigenvalue weighted by atomic mass is 127. The molecule has 0 amide bonds. The summed E-state index contributed by atoms with van der Waals surface area (Å²) in [6.45, 7) is 1.77. The quantitative estimate of drug-likeness (QED) is 0.278. The second-order valence-corrected chi connectivity index (χ2v) is 5.61.